The van der Waals surface area contributed by atoms with E-state index in [0.717, 1.165) is 34.6 Å². The Morgan fingerprint density at radius 1 is 0.176 bits per heavy atom. The molecule has 1 unspecified atom stereocenters. The third kappa shape index (κ3) is 26.7. The zero-order valence-electron chi connectivity index (χ0n) is 79.3. The van der Waals surface area contributed by atoms with Crippen molar-refractivity contribution < 1.29 is 301 Å². The zero-order chi connectivity index (χ0) is 109. The fraction of sp³-hybridized carbons (Fsp3) is 0.939. The van der Waals surface area contributed by atoms with E-state index in [4.69, 9.17) is 109 Å². The molecule has 0 aromatic rings. The van der Waals surface area contributed by atoms with Crippen LogP contribution >= 0.6 is 0 Å². The number of rotatable bonds is 39. The molecule has 856 valence electrons. The largest absolute Gasteiger partial charge is 0.394 e. The molecule has 148 heavy (non-hydrogen) atoms. The molecule has 0 aromatic heterocycles. The SMILES string of the molecule is CC(=O)N[C@H]1[C@H](O[C@H]2[C@@H](O)[C@@H](CO)O[C@@H](O[C@H]3[C@H](O)[C@@H](NC(C)=O)[C@H](O[C@@H]4[C@@H](OC[C@H]5O[C@@H](O[C@H]6[C@H](O)[C@@H](NC(C)=O)C(O)O[C@@H]6CO)[C@@H](O)[C@@H](O[C@H]6O[C@H](CO)[C@@H](O)[C@H](O)[C@@H]6O[C@@H]6O[C@H](CO)[C@@H](O[C@@H]7O[C@H](CO)[C@H](O)[C@H](O[C@@H]8O[C@H](CO)[C@@H](O[C@@H]9O[C@H](CO)[C@H](O)[C@H](O)[C@H]9O)[C@H](O)[C@H]8NC(C)=O)[C@H]7O)[C@H](O)[C@H]6NC(C)=O)[C@@H]5O)O[C@H](CO)[C@@H](O)[C@@H]4O)O[C@@H]3CO)[C@@H]2O)O[C@H](CO)[C@@H](O[C@@H]2O[C@H](CO)[C@H](O)[C@H](O)[C@H]2O)[C@@H]1O. The summed E-state index contributed by atoms with van der Waals surface area (Å²) in [6.45, 7) is -9.22. The molecule has 0 bridgehead atoms. The van der Waals surface area contributed by atoms with Crippen molar-refractivity contribution in [1.29, 1.82) is 0 Å². The molecule has 66 heteroatoms. The Morgan fingerprint density at radius 2 is 0.365 bits per heavy atom. The van der Waals surface area contributed by atoms with Gasteiger partial charge in [-0.15, -0.1) is 0 Å². The van der Waals surface area contributed by atoms with Gasteiger partial charge in [0, 0.05) is 34.6 Å². The molecule has 12 fully saturated rings. The fourth-order valence-corrected chi connectivity index (χ4v) is 19.3. The summed E-state index contributed by atoms with van der Waals surface area (Å²) >= 11 is 0. The van der Waals surface area contributed by atoms with E-state index >= 15 is 0 Å². The normalized spacial score (nSPS) is 49.3. The van der Waals surface area contributed by atoms with Crippen LogP contribution in [0.3, 0.4) is 0 Å². The lowest BCUT2D eigenvalue weighted by Crippen LogP contribution is -2.71. The van der Waals surface area contributed by atoms with E-state index in [1.165, 1.54) is 0 Å². The van der Waals surface area contributed by atoms with E-state index in [1.807, 2.05) is 0 Å². The van der Waals surface area contributed by atoms with Crippen molar-refractivity contribution in [2.24, 2.45) is 0 Å². The second-order valence-electron chi connectivity index (χ2n) is 37.3. The van der Waals surface area contributed by atoms with Crippen molar-refractivity contribution in [3.05, 3.63) is 0 Å². The van der Waals surface area contributed by atoms with Crippen LogP contribution in [-0.2, 0) is 133 Å². The standard InChI is InChI=1S/C82H137N5O61/c1-18(99)83-35-47(111)61(29(12-94)127-71(35)125)141-80-60(124)68(146-82-70(55(119)43(107)26(9-91)133-82)148-75-39(87-22(5)103)51(115)65(33(16-98)137-75)143-79-59(123)67(45(109)28(11-93)131-79)145-73-37(85-20(3)101)49(113)63(31(14-96)135-73)140-77-57(121)53(117)41(105)24(7-89)129-77)46(110)34(138-80)17-126-81-69(54(118)42(106)25(8-90)132-81)147-74-38(86-21(4)102)50(114)64(32(15-97)136-74)142-78-58(122)66(44(108)27(10-92)130-78)144-72-36(84-19(2)100)48(112)62(30(13-95)134-72)139-76-56(120)52(116)40(104)23(6-88)128-76/h23-82,88-98,104-125H,6-17H2,1-5H3,(H,83,99)(H,84,100)(H,85,101)(H,86,102)(H,87,103)/t23-,24-,25-,26-,27-,28-,29-,30-,31-,32-,33-,34-,35-,36-,37-,38-,39-,40+,41+,42-,43-,44+,45+,46-,47-,48-,49-,50-,51-,52+,53+,54+,55+,56-,57-,58-,59-,60+,61-,62-,63-,64-,65-,66+,67+,68+,69+,70+,71?,72+,73+,74+,75+,76+,77+,78+,79+,80+,81+,82-/m1/s1. The van der Waals surface area contributed by atoms with Gasteiger partial charge in [0.1, 0.15) is 293 Å². The first-order valence-electron chi connectivity index (χ1n) is 47.2. The Balaban J connectivity index is 0.791. The maximum absolute atomic E-state index is 13.3. The van der Waals surface area contributed by atoms with Gasteiger partial charge >= 0.3 is 0 Å². The van der Waals surface area contributed by atoms with Crippen LogP contribution in [0.5, 0.6) is 0 Å². The summed E-state index contributed by atoms with van der Waals surface area (Å²) in [5, 5.41) is 383. The molecular formula is C82H137N5O61. The minimum Gasteiger partial charge on any atom is -0.394 e. The molecule has 0 radical (unpaired) electrons. The molecule has 66 nitrogen and oxygen atoms in total. The van der Waals surface area contributed by atoms with Gasteiger partial charge in [0.15, 0.2) is 75.5 Å². The molecule has 38 N–H and O–H groups in total. The molecular weight excluding hydrogens is 2030 g/mol. The highest BCUT2D eigenvalue weighted by Gasteiger charge is 2.64. The number of nitrogens with one attached hydrogen (secondary N) is 5. The maximum atomic E-state index is 13.3. The van der Waals surface area contributed by atoms with Crippen molar-refractivity contribution in [2.45, 2.75) is 403 Å². The Bertz CT molecular complexity index is 4130. The molecule has 0 aromatic carbocycles. The van der Waals surface area contributed by atoms with Gasteiger partial charge < -0.3 is 304 Å². The van der Waals surface area contributed by atoms with Crippen LogP contribution in [0.25, 0.3) is 0 Å². The van der Waals surface area contributed by atoms with Crippen LogP contribution in [0.2, 0.25) is 0 Å². The first kappa shape index (κ1) is 122. The van der Waals surface area contributed by atoms with E-state index in [1.54, 1.807) is 0 Å². The van der Waals surface area contributed by atoms with Crippen LogP contribution in [0, 0.1) is 0 Å². The van der Waals surface area contributed by atoms with Gasteiger partial charge in [-0.1, -0.05) is 0 Å². The maximum Gasteiger partial charge on any atom is 0.217 e. The predicted molar refractivity (Wildman–Crippen MR) is 453 cm³/mol. The summed E-state index contributed by atoms with van der Waals surface area (Å²) in [4.78, 5) is 64.7. The third-order valence-corrected chi connectivity index (χ3v) is 27.1. The number of hydrogen-bond donors (Lipinski definition) is 38. The van der Waals surface area contributed by atoms with Gasteiger partial charge in [0.05, 0.1) is 79.3 Å². The van der Waals surface area contributed by atoms with Gasteiger partial charge in [-0.3, -0.25) is 24.0 Å². The average Bonchev–Trinajstić information content (AvgIpc) is 0.750. The lowest BCUT2D eigenvalue weighted by atomic mass is 9.94. The van der Waals surface area contributed by atoms with Gasteiger partial charge in [-0.05, 0) is 0 Å². The molecule has 0 spiro atoms. The quantitative estimate of drug-likeness (QED) is 0.0272. The number of amides is 5. The summed E-state index contributed by atoms with van der Waals surface area (Å²) in [6, 6.07) is -9.78. The second-order valence-corrected chi connectivity index (χ2v) is 37.3. The first-order chi connectivity index (χ1) is 70.1. The van der Waals surface area contributed by atoms with Crippen molar-refractivity contribution in [3.63, 3.8) is 0 Å². The van der Waals surface area contributed by atoms with Gasteiger partial charge in [-0.2, -0.15) is 0 Å². The van der Waals surface area contributed by atoms with Crippen molar-refractivity contribution in [3.8, 4) is 0 Å². The van der Waals surface area contributed by atoms with Crippen LogP contribution in [0.15, 0.2) is 0 Å². The Kier molecular flexibility index (Phi) is 43.9. The number of hydrogen-bond acceptors (Lipinski definition) is 61. The van der Waals surface area contributed by atoms with Crippen molar-refractivity contribution >= 4 is 29.5 Å². The molecule has 12 aliphatic heterocycles. The molecule has 60 atom stereocenters. The lowest BCUT2D eigenvalue weighted by molar-refractivity contribution is -0.399. The summed E-state index contributed by atoms with van der Waals surface area (Å²) < 4.78 is 136. The molecule has 12 rings (SSSR count). The predicted octanol–water partition coefficient (Wildman–Crippen LogP) is -26.4. The molecule has 12 saturated heterocycles. The van der Waals surface area contributed by atoms with Gasteiger partial charge in [0.25, 0.3) is 0 Å². The van der Waals surface area contributed by atoms with E-state index in [2.05, 4.69) is 26.6 Å². The van der Waals surface area contributed by atoms with E-state index in [9.17, 15) is 192 Å². The van der Waals surface area contributed by atoms with Gasteiger partial charge in [0.2, 0.25) is 29.5 Å². The van der Waals surface area contributed by atoms with Crippen LogP contribution in [0.1, 0.15) is 34.6 Å². The number of aliphatic hydroxyl groups is 33. The molecule has 5 amide bonds. The Labute approximate surface area is 837 Å². The highest BCUT2D eigenvalue weighted by Crippen LogP contribution is 2.43. The average molecular weight is 2170 g/mol. The van der Waals surface area contributed by atoms with Crippen LogP contribution in [-0.4, -0.2) is 645 Å². The first-order valence-corrected chi connectivity index (χ1v) is 47.2. The number of aliphatic hydroxyl groups excluding tert-OH is 33. The second kappa shape index (κ2) is 53.4. The van der Waals surface area contributed by atoms with Crippen molar-refractivity contribution in [2.75, 3.05) is 79.3 Å². The van der Waals surface area contributed by atoms with Gasteiger partial charge in [-0.25, -0.2) is 0 Å². The highest BCUT2D eigenvalue weighted by atomic mass is 16.8. The summed E-state index contributed by atoms with van der Waals surface area (Å²) in [6.07, 6.45) is -118. The van der Waals surface area contributed by atoms with Crippen molar-refractivity contribution in [1.82, 2.24) is 26.6 Å². The van der Waals surface area contributed by atoms with E-state index < -0.39 is 477 Å². The number of ether oxygens (including phenoxy) is 23. The summed E-state index contributed by atoms with van der Waals surface area (Å²) in [5.74, 6) is -4.83. The minimum atomic E-state index is -2.60. The molecule has 0 aliphatic carbocycles. The summed E-state index contributed by atoms with van der Waals surface area (Å²) in [5.41, 5.74) is 0. The lowest BCUT2D eigenvalue weighted by Gasteiger charge is -2.51. The highest BCUT2D eigenvalue weighted by molar-refractivity contribution is 5.75. The van der Waals surface area contributed by atoms with Crippen LogP contribution in [0.4, 0.5) is 0 Å². The third-order valence-electron chi connectivity index (χ3n) is 27.1. The Hall–Kier alpha value is -4.89. The van der Waals surface area contributed by atoms with E-state index in [0.29, 0.717) is 0 Å². The molecule has 12 heterocycles. The number of carbonyl (C=O) groups excluding carboxylic acids is 5. The van der Waals surface area contributed by atoms with E-state index in [-0.39, 0.29) is 0 Å². The molecule has 0 saturated carbocycles. The zero-order valence-corrected chi connectivity index (χ0v) is 79.3. The molecule has 12 aliphatic rings. The minimum absolute atomic E-state index is 0.872. The summed E-state index contributed by atoms with van der Waals surface area (Å²) in [7, 11) is 0. The fourth-order valence-electron chi connectivity index (χ4n) is 19.3. The smallest absolute Gasteiger partial charge is 0.217 e. The Morgan fingerprint density at radius 3 is 0.642 bits per heavy atom. The topological polar surface area (TPSA) is 1030 Å². The number of carbonyl (C=O) groups is 5. The monoisotopic (exact) mass is 2170 g/mol. The van der Waals surface area contributed by atoms with Crippen LogP contribution < -0.4 is 26.6 Å².